The molecule has 0 heterocycles. The number of nitrogens with zero attached hydrogens (tertiary/aromatic N) is 1. The van der Waals surface area contributed by atoms with Gasteiger partial charge in [0.15, 0.2) is 0 Å². The highest BCUT2D eigenvalue weighted by Crippen LogP contribution is 2.19. The molecule has 0 radical (unpaired) electrons. The molecule has 0 saturated heterocycles. The molecular formula is C21H25ClN2O2. The van der Waals surface area contributed by atoms with Crippen LogP contribution in [0, 0.1) is 0 Å². The lowest BCUT2D eigenvalue weighted by atomic mass is 10.1. The van der Waals surface area contributed by atoms with Crippen molar-refractivity contribution in [3.05, 3.63) is 70.7 Å². The molecule has 0 saturated carbocycles. The summed E-state index contributed by atoms with van der Waals surface area (Å²) in [5, 5.41) is 3.45. The summed E-state index contributed by atoms with van der Waals surface area (Å²) >= 11 is 6.26. The van der Waals surface area contributed by atoms with Crippen molar-refractivity contribution in [1.29, 1.82) is 0 Å². The molecular weight excluding hydrogens is 348 g/mol. The van der Waals surface area contributed by atoms with Crippen molar-refractivity contribution in [2.24, 2.45) is 0 Å². The first-order valence-electron chi connectivity index (χ1n) is 8.87. The third kappa shape index (κ3) is 5.60. The fourth-order valence-electron chi connectivity index (χ4n) is 2.66. The van der Waals surface area contributed by atoms with Crippen LogP contribution in [0.15, 0.2) is 54.6 Å². The smallest absolute Gasteiger partial charge is 0.242 e. The lowest BCUT2D eigenvalue weighted by molar-refractivity contribution is -0.140. The van der Waals surface area contributed by atoms with Crippen molar-refractivity contribution < 1.29 is 9.59 Å². The predicted octanol–water partition coefficient (Wildman–Crippen LogP) is 3.83. The van der Waals surface area contributed by atoms with E-state index in [-0.39, 0.29) is 18.2 Å². The summed E-state index contributed by atoms with van der Waals surface area (Å²) in [6, 6.07) is 16.4. The molecule has 138 valence electrons. The topological polar surface area (TPSA) is 49.4 Å². The van der Waals surface area contributed by atoms with Crippen LogP contribution in [0.3, 0.4) is 0 Å². The van der Waals surface area contributed by atoms with Crippen LogP contribution >= 0.6 is 11.6 Å². The van der Waals surface area contributed by atoms with Crippen molar-refractivity contribution >= 4 is 23.4 Å². The van der Waals surface area contributed by atoms with Gasteiger partial charge >= 0.3 is 0 Å². The second kappa shape index (κ2) is 9.97. The number of carbonyl (C=O) groups is 2. The lowest BCUT2D eigenvalue weighted by Crippen LogP contribution is -2.48. The van der Waals surface area contributed by atoms with Crippen molar-refractivity contribution in [1.82, 2.24) is 10.2 Å². The third-order valence-corrected chi connectivity index (χ3v) is 4.58. The Hall–Kier alpha value is -2.33. The minimum absolute atomic E-state index is 0.102. The second-order valence-electron chi connectivity index (χ2n) is 6.24. The maximum atomic E-state index is 13.0. The normalized spacial score (nSPS) is 11.7. The van der Waals surface area contributed by atoms with Gasteiger partial charge in [0.1, 0.15) is 6.04 Å². The van der Waals surface area contributed by atoms with Crippen LogP contribution in [0.1, 0.15) is 31.4 Å². The minimum atomic E-state index is -0.575. The van der Waals surface area contributed by atoms with Gasteiger partial charge in [-0.2, -0.15) is 0 Å². The van der Waals surface area contributed by atoms with Crippen LogP contribution < -0.4 is 5.32 Å². The fourth-order valence-corrected chi connectivity index (χ4v) is 2.86. The second-order valence-corrected chi connectivity index (χ2v) is 6.65. The van der Waals surface area contributed by atoms with Crippen molar-refractivity contribution in [2.75, 3.05) is 6.54 Å². The first-order chi connectivity index (χ1) is 12.5. The maximum Gasteiger partial charge on any atom is 0.242 e. The summed E-state index contributed by atoms with van der Waals surface area (Å²) in [5.41, 5.74) is 1.74. The molecule has 2 aromatic rings. The SMILES string of the molecule is CCCNC(=O)C(C)N(Cc1ccccc1Cl)C(=O)Cc1ccccc1. The van der Waals surface area contributed by atoms with Crippen LogP contribution in [-0.2, 0) is 22.6 Å². The summed E-state index contributed by atoms with van der Waals surface area (Å²) in [4.78, 5) is 27.0. The summed E-state index contributed by atoms with van der Waals surface area (Å²) in [5.74, 6) is -0.254. The van der Waals surface area contributed by atoms with Gasteiger partial charge in [0.2, 0.25) is 11.8 Å². The van der Waals surface area contributed by atoms with Crippen LogP contribution in [0.2, 0.25) is 5.02 Å². The van der Waals surface area contributed by atoms with Crippen LogP contribution in [-0.4, -0.2) is 29.3 Å². The fraction of sp³-hybridized carbons (Fsp3) is 0.333. The molecule has 4 nitrogen and oxygen atoms in total. The first-order valence-corrected chi connectivity index (χ1v) is 9.25. The van der Waals surface area contributed by atoms with Gasteiger partial charge in [-0.15, -0.1) is 0 Å². The van der Waals surface area contributed by atoms with E-state index in [0.717, 1.165) is 17.5 Å². The number of amides is 2. The Bertz CT molecular complexity index is 734. The highest BCUT2D eigenvalue weighted by molar-refractivity contribution is 6.31. The zero-order valence-electron chi connectivity index (χ0n) is 15.2. The molecule has 0 bridgehead atoms. The summed E-state index contributed by atoms with van der Waals surface area (Å²) in [6.07, 6.45) is 1.09. The number of nitrogens with one attached hydrogen (secondary N) is 1. The molecule has 1 N–H and O–H groups in total. The predicted molar refractivity (Wildman–Crippen MR) is 105 cm³/mol. The van der Waals surface area contributed by atoms with Gasteiger partial charge in [-0.25, -0.2) is 0 Å². The van der Waals surface area contributed by atoms with Gasteiger partial charge < -0.3 is 10.2 Å². The zero-order chi connectivity index (χ0) is 18.9. The van der Waals surface area contributed by atoms with E-state index in [1.807, 2.05) is 55.5 Å². The van der Waals surface area contributed by atoms with E-state index >= 15 is 0 Å². The van der Waals surface area contributed by atoms with Crippen molar-refractivity contribution in [2.45, 2.75) is 39.3 Å². The lowest BCUT2D eigenvalue weighted by Gasteiger charge is -2.29. The molecule has 0 aliphatic carbocycles. The largest absolute Gasteiger partial charge is 0.354 e. The van der Waals surface area contributed by atoms with Crippen molar-refractivity contribution in [3.8, 4) is 0 Å². The highest BCUT2D eigenvalue weighted by atomic mass is 35.5. The van der Waals surface area contributed by atoms with Crippen molar-refractivity contribution in [3.63, 3.8) is 0 Å². The molecule has 5 heteroatoms. The molecule has 0 fully saturated rings. The van der Waals surface area contributed by atoms with Gasteiger partial charge in [-0.05, 0) is 30.5 Å². The van der Waals surface area contributed by atoms with Gasteiger partial charge in [-0.3, -0.25) is 9.59 Å². The maximum absolute atomic E-state index is 13.0. The quantitative estimate of drug-likeness (QED) is 0.765. The van der Waals surface area contributed by atoms with Crippen LogP contribution in [0.4, 0.5) is 0 Å². The number of carbonyl (C=O) groups excluding carboxylic acids is 2. The average molecular weight is 373 g/mol. The molecule has 0 spiro atoms. The minimum Gasteiger partial charge on any atom is -0.354 e. The van der Waals surface area contributed by atoms with Gasteiger partial charge in [0.05, 0.1) is 6.42 Å². The Morgan fingerprint density at radius 3 is 2.38 bits per heavy atom. The Labute approximate surface area is 160 Å². The first kappa shape index (κ1) is 20.0. The molecule has 0 aliphatic rings. The summed E-state index contributed by atoms with van der Waals surface area (Å²) in [6.45, 7) is 4.64. The summed E-state index contributed by atoms with van der Waals surface area (Å²) < 4.78 is 0. The van der Waals surface area contributed by atoms with Gasteiger partial charge in [0.25, 0.3) is 0 Å². The van der Waals surface area contributed by atoms with E-state index in [4.69, 9.17) is 11.6 Å². The standard InChI is InChI=1S/C21H25ClN2O2/c1-3-13-23-21(26)16(2)24(15-18-11-7-8-12-19(18)22)20(25)14-17-9-5-4-6-10-17/h4-12,16H,3,13-15H2,1-2H3,(H,23,26). The number of hydrogen-bond acceptors (Lipinski definition) is 2. The number of hydrogen-bond donors (Lipinski definition) is 1. The Morgan fingerprint density at radius 1 is 1.08 bits per heavy atom. The molecule has 2 aromatic carbocycles. The molecule has 1 atom stereocenters. The van der Waals surface area contributed by atoms with E-state index in [0.29, 0.717) is 18.1 Å². The monoisotopic (exact) mass is 372 g/mol. The van der Waals surface area contributed by atoms with E-state index < -0.39 is 6.04 Å². The van der Waals surface area contributed by atoms with Gasteiger partial charge in [0, 0.05) is 18.1 Å². The molecule has 1 unspecified atom stereocenters. The van der Waals surface area contributed by atoms with E-state index in [1.54, 1.807) is 17.9 Å². The van der Waals surface area contributed by atoms with Crippen LogP contribution in [0.5, 0.6) is 0 Å². The van der Waals surface area contributed by atoms with Gasteiger partial charge in [-0.1, -0.05) is 67.1 Å². The highest BCUT2D eigenvalue weighted by Gasteiger charge is 2.26. The number of rotatable bonds is 8. The third-order valence-electron chi connectivity index (χ3n) is 4.21. The summed E-state index contributed by atoms with van der Waals surface area (Å²) in [7, 11) is 0. The molecule has 0 aliphatic heterocycles. The van der Waals surface area contributed by atoms with Crippen LogP contribution in [0.25, 0.3) is 0 Å². The van der Waals surface area contributed by atoms with E-state index in [2.05, 4.69) is 5.32 Å². The zero-order valence-corrected chi connectivity index (χ0v) is 16.0. The molecule has 0 aromatic heterocycles. The Balaban J connectivity index is 2.21. The molecule has 2 rings (SSSR count). The Morgan fingerprint density at radius 2 is 1.73 bits per heavy atom. The molecule has 2 amide bonds. The van der Waals surface area contributed by atoms with E-state index in [1.165, 1.54) is 0 Å². The molecule has 26 heavy (non-hydrogen) atoms. The average Bonchev–Trinajstić information content (AvgIpc) is 2.65. The number of halogens is 1. The number of benzene rings is 2. The Kier molecular flexibility index (Phi) is 7.67. The van der Waals surface area contributed by atoms with E-state index in [9.17, 15) is 9.59 Å².